The van der Waals surface area contributed by atoms with Crippen LogP contribution in [-0.4, -0.2) is 9.13 Å². The van der Waals surface area contributed by atoms with Crippen LogP contribution >= 0.6 is 39.1 Å². The lowest BCUT2D eigenvalue weighted by Gasteiger charge is -2.18. The van der Waals surface area contributed by atoms with Gasteiger partial charge in [0, 0.05) is 53.5 Å². The fourth-order valence-corrected chi connectivity index (χ4v) is 6.46. The number of halogens is 9. The van der Waals surface area contributed by atoms with E-state index in [1.807, 2.05) is 0 Å². The molecule has 0 fully saturated rings. The van der Waals surface area contributed by atoms with E-state index in [0.717, 1.165) is 12.1 Å². The first-order valence-corrected chi connectivity index (χ1v) is 16.8. The summed E-state index contributed by atoms with van der Waals surface area (Å²) in [5, 5.41) is -0.506. The van der Waals surface area contributed by atoms with Crippen LogP contribution in [-0.2, 0) is 13.1 Å². The number of hydrogen-bond acceptors (Lipinski definition) is 2. The van der Waals surface area contributed by atoms with Crippen LogP contribution < -0.4 is 11.1 Å². The van der Waals surface area contributed by atoms with Gasteiger partial charge in [-0.1, -0.05) is 23.2 Å². The van der Waals surface area contributed by atoms with E-state index in [2.05, 4.69) is 15.9 Å². The van der Waals surface area contributed by atoms with Gasteiger partial charge in [0.25, 0.3) is 11.1 Å². The van der Waals surface area contributed by atoms with Gasteiger partial charge in [0.05, 0.1) is 25.9 Å². The zero-order chi connectivity index (χ0) is 37.1. The summed E-state index contributed by atoms with van der Waals surface area (Å²) in [6.07, 6.45) is 0. The van der Waals surface area contributed by atoms with E-state index in [0.29, 0.717) is 58.9 Å². The van der Waals surface area contributed by atoms with E-state index in [4.69, 9.17) is 23.2 Å². The van der Waals surface area contributed by atoms with E-state index >= 15 is 0 Å². The minimum atomic E-state index is -0.905. The first-order valence-electron chi connectivity index (χ1n) is 15.2. The van der Waals surface area contributed by atoms with Crippen molar-refractivity contribution in [1.29, 1.82) is 0 Å². The van der Waals surface area contributed by atoms with E-state index in [-0.39, 0.29) is 36.8 Å². The quantitative estimate of drug-likeness (QED) is 0.124. The molecular weight excluding hydrogens is 781 g/mol. The summed E-state index contributed by atoms with van der Waals surface area (Å²) < 4.78 is 85.1. The van der Waals surface area contributed by atoms with Crippen LogP contribution in [0, 0.1) is 34.9 Å². The van der Waals surface area contributed by atoms with Crippen LogP contribution in [0.5, 0.6) is 0 Å². The number of nitrogens with zero attached hydrogens (tertiary/aromatic N) is 2. The van der Waals surface area contributed by atoms with Crippen molar-refractivity contribution in [1.82, 2.24) is 9.13 Å². The molecule has 262 valence electrons. The Kier molecular flexibility index (Phi) is 11.6. The molecule has 51 heavy (non-hydrogen) atoms. The molecule has 0 amide bonds. The largest absolute Gasteiger partial charge is 0.308 e. The third-order valence-corrected chi connectivity index (χ3v) is 9.20. The van der Waals surface area contributed by atoms with Gasteiger partial charge >= 0.3 is 0 Å². The second-order valence-electron chi connectivity index (χ2n) is 11.0. The molecule has 13 heteroatoms. The van der Waals surface area contributed by atoms with Crippen molar-refractivity contribution in [2.45, 2.75) is 26.9 Å². The van der Waals surface area contributed by atoms with Crippen molar-refractivity contribution in [2.75, 3.05) is 0 Å². The molecule has 0 saturated heterocycles. The van der Waals surface area contributed by atoms with Crippen LogP contribution in [0.25, 0.3) is 44.8 Å². The lowest BCUT2D eigenvalue weighted by atomic mass is 9.98. The maximum atomic E-state index is 14.0. The summed E-state index contributed by atoms with van der Waals surface area (Å²) >= 11 is 15.3. The van der Waals surface area contributed by atoms with Crippen LogP contribution in [0.1, 0.15) is 13.8 Å². The van der Waals surface area contributed by atoms with Crippen molar-refractivity contribution in [3.05, 3.63) is 161 Å². The molecule has 0 saturated carbocycles. The molecular formula is C38H25BrCl2F6N2O2. The lowest BCUT2D eigenvalue weighted by Crippen LogP contribution is -2.22. The molecule has 0 radical (unpaired) electrons. The van der Waals surface area contributed by atoms with Crippen LogP contribution in [0.2, 0.25) is 10.0 Å². The Morgan fingerprint density at radius 3 is 1.41 bits per heavy atom. The maximum absolute atomic E-state index is 14.0. The molecule has 6 rings (SSSR count). The van der Waals surface area contributed by atoms with Crippen molar-refractivity contribution in [3.63, 3.8) is 0 Å². The normalized spacial score (nSPS) is 11.0. The highest BCUT2D eigenvalue weighted by Gasteiger charge is 2.21. The monoisotopic (exact) mass is 804 g/mol. The third-order valence-electron chi connectivity index (χ3n) is 7.86. The third kappa shape index (κ3) is 7.85. The summed E-state index contributed by atoms with van der Waals surface area (Å²) in [5.74, 6) is -4.24. The second kappa shape index (κ2) is 15.8. The Morgan fingerprint density at radius 1 is 0.529 bits per heavy atom. The van der Waals surface area contributed by atoms with Gasteiger partial charge in [-0.25, -0.2) is 26.3 Å². The zero-order valence-electron chi connectivity index (χ0n) is 26.7. The fourth-order valence-electron chi connectivity index (χ4n) is 5.59. The molecule has 2 heterocycles. The number of benzene rings is 4. The highest BCUT2D eigenvalue weighted by atomic mass is 79.9. The topological polar surface area (TPSA) is 44.0 Å². The number of hydrogen-bond donors (Lipinski definition) is 0. The van der Waals surface area contributed by atoms with Gasteiger partial charge in [0.1, 0.15) is 34.9 Å². The molecule has 0 unspecified atom stereocenters. The molecule has 0 bridgehead atoms. The fraction of sp³-hybridized carbons (Fsp3) is 0.105. The first kappa shape index (κ1) is 37.7. The van der Waals surface area contributed by atoms with Gasteiger partial charge in [0.15, 0.2) is 0 Å². The van der Waals surface area contributed by atoms with E-state index in [1.165, 1.54) is 75.9 Å². The van der Waals surface area contributed by atoms with Gasteiger partial charge in [-0.15, -0.1) is 0 Å². The van der Waals surface area contributed by atoms with E-state index in [9.17, 15) is 35.9 Å². The average molecular weight is 806 g/mol. The van der Waals surface area contributed by atoms with Crippen molar-refractivity contribution in [3.8, 4) is 44.8 Å². The summed E-state index contributed by atoms with van der Waals surface area (Å²) in [6.45, 7) is 4.16. The predicted molar refractivity (Wildman–Crippen MR) is 192 cm³/mol. The highest BCUT2D eigenvalue weighted by Crippen LogP contribution is 2.39. The second-order valence-corrected chi connectivity index (χ2v) is 12.6. The zero-order valence-corrected chi connectivity index (χ0v) is 29.8. The van der Waals surface area contributed by atoms with E-state index in [1.54, 1.807) is 13.8 Å². The van der Waals surface area contributed by atoms with Crippen LogP contribution in [0.3, 0.4) is 0 Å². The Hall–Kier alpha value is -4.58. The SMILES string of the molecule is CCn1c(-c2ccc(F)cc2)c(-c2cc(F)cc(F)c2Cl)cc(Br)c1=O.CCn1c(-c2ccc(F)cc2)c(-c2cc(F)cc(F)c2Cl)ccc1=O. The Balaban J connectivity index is 0.000000198. The van der Waals surface area contributed by atoms with Gasteiger partial charge < -0.3 is 9.13 Å². The van der Waals surface area contributed by atoms with Crippen molar-refractivity contribution < 1.29 is 26.3 Å². The molecule has 0 atom stereocenters. The van der Waals surface area contributed by atoms with Crippen LogP contribution in [0.4, 0.5) is 26.3 Å². The molecule has 0 aliphatic heterocycles. The predicted octanol–water partition coefficient (Wildman–Crippen LogP) is 11.3. The Bertz CT molecular complexity index is 2380. The summed E-state index contributed by atoms with van der Waals surface area (Å²) in [6, 6.07) is 18.8. The summed E-state index contributed by atoms with van der Waals surface area (Å²) in [5.41, 5.74) is 2.25. The molecule has 4 aromatic carbocycles. The van der Waals surface area contributed by atoms with E-state index < -0.39 is 34.9 Å². The van der Waals surface area contributed by atoms with Gasteiger partial charge in [-0.05, 0) is 114 Å². The Labute approximate surface area is 306 Å². The highest BCUT2D eigenvalue weighted by molar-refractivity contribution is 9.10. The molecule has 2 aromatic heterocycles. The molecule has 0 aliphatic rings. The molecule has 4 nitrogen and oxygen atoms in total. The van der Waals surface area contributed by atoms with Gasteiger partial charge in [0.2, 0.25) is 0 Å². The van der Waals surface area contributed by atoms with Crippen LogP contribution in [0.15, 0.2) is 105 Å². The molecule has 0 N–H and O–H groups in total. The standard InChI is InChI=1S/C19H12BrClF3NO.C19H13ClF3NO/c1-2-25-18(10-3-5-11(22)6-4-10)14(9-15(20)19(25)26)13-7-12(23)8-16(24)17(13)21;1-2-24-17(25)8-7-14(15-9-13(22)10-16(23)18(15)20)19(24)11-3-5-12(21)6-4-11/h3-9H,2H2,1H3;3-10H,2H2,1H3. The number of rotatable bonds is 6. The van der Waals surface area contributed by atoms with Crippen molar-refractivity contribution >= 4 is 39.1 Å². The molecule has 0 spiro atoms. The van der Waals surface area contributed by atoms with Gasteiger partial charge in [-0.2, -0.15) is 0 Å². The Morgan fingerprint density at radius 2 is 0.961 bits per heavy atom. The summed E-state index contributed by atoms with van der Waals surface area (Å²) in [4.78, 5) is 24.7. The number of aromatic nitrogens is 2. The maximum Gasteiger partial charge on any atom is 0.265 e. The first-order chi connectivity index (χ1) is 24.2. The minimum absolute atomic E-state index is 0.103. The van der Waals surface area contributed by atoms with Crippen molar-refractivity contribution in [2.24, 2.45) is 0 Å². The number of pyridine rings is 2. The lowest BCUT2D eigenvalue weighted by molar-refractivity contribution is 0.583. The average Bonchev–Trinajstić information content (AvgIpc) is 3.10. The molecule has 0 aliphatic carbocycles. The smallest absolute Gasteiger partial charge is 0.265 e. The minimum Gasteiger partial charge on any atom is -0.308 e. The summed E-state index contributed by atoms with van der Waals surface area (Å²) in [7, 11) is 0. The van der Waals surface area contributed by atoms with Gasteiger partial charge in [-0.3, -0.25) is 9.59 Å². The molecule has 6 aromatic rings.